The second-order valence-electron chi connectivity index (χ2n) is 6.16. The maximum Gasteiger partial charge on any atom is 0.180 e. The summed E-state index contributed by atoms with van der Waals surface area (Å²) in [7, 11) is 0. The van der Waals surface area contributed by atoms with Crippen molar-refractivity contribution in [1.29, 1.82) is 0 Å². The Morgan fingerprint density at radius 2 is 1.85 bits per heavy atom. The van der Waals surface area contributed by atoms with Gasteiger partial charge in [0.25, 0.3) is 0 Å². The van der Waals surface area contributed by atoms with Crippen molar-refractivity contribution in [3.8, 4) is 5.75 Å². The van der Waals surface area contributed by atoms with Gasteiger partial charge in [-0.3, -0.25) is 0 Å². The molecule has 0 spiro atoms. The van der Waals surface area contributed by atoms with Crippen LogP contribution in [-0.2, 0) is 19.6 Å². The highest BCUT2D eigenvalue weighted by molar-refractivity contribution is 7.80. The Kier molecular flexibility index (Phi) is 6.82. The summed E-state index contributed by atoms with van der Waals surface area (Å²) in [5.74, 6) is 0.829. The topological polar surface area (TPSA) is 51.1 Å². The zero-order valence-corrected chi connectivity index (χ0v) is 16.2. The van der Waals surface area contributed by atoms with Crippen molar-refractivity contribution in [3.63, 3.8) is 0 Å². The van der Waals surface area contributed by atoms with Gasteiger partial charge in [0.2, 0.25) is 0 Å². The number of hydrogen-bond acceptors (Lipinski definition) is 3. The van der Waals surface area contributed by atoms with Crippen molar-refractivity contribution < 1.29 is 4.74 Å². The summed E-state index contributed by atoms with van der Waals surface area (Å²) in [6.45, 7) is 3.26. The summed E-state index contributed by atoms with van der Waals surface area (Å²) in [6.07, 6.45) is 5.54. The van der Waals surface area contributed by atoms with Gasteiger partial charge in [-0.15, -0.1) is 0 Å². The van der Waals surface area contributed by atoms with Gasteiger partial charge in [0.05, 0.1) is 18.1 Å². The molecular formula is C21H24N4OS. The van der Waals surface area contributed by atoms with E-state index in [0.717, 1.165) is 30.8 Å². The third-order valence-electron chi connectivity index (χ3n) is 4.13. The Morgan fingerprint density at radius 1 is 1.07 bits per heavy atom. The maximum atomic E-state index is 5.75. The molecule has 140 valence electrons. The summed E-state index contributed by atoms with van der Waals surface area (Å²) in [6, 6.07) is 18.4. The van der Waals surface area contributed by atoms with E-state index < -0.39 is 0 Å². The van der Waals surface area contributed by atoms with E-state index in [-0.39, 0.29) is 0 Å². The molecule has 5 nitrogen and oxygen atoms in total. The third kappa shape index (κ3) is 6.11. The fraction of sp³-hybridized carbons (Fsp3) is 0.238. The van der Waals surface area contributed by atoms with Gasteiger partial charge < -0.3 is 15.4 Å². The molecule has 0 aliphatic heterocycles. The zero-order chi connectivity index (χ0) is 18.9. The molecule has 2 aromatic carbocycles. The largest absolute Gasteiger partial charge is 0.471 e. The molecule has 0 unspecified atom stereocenters. The highest BCUT2D eigenvalue weighted by Gasteiger charge is 2.02. The van der Waals surface area contributed by atoms with E-state index in [4.69, 9.17) is 17.0 Å². The van der Waals surface area contributed by atoms with Gasteiger partial charge in [-0.2, -0.15) is 5.10 Å². The number of ether oxygens (including phenoxy) is 1. The first-order valence-corrected chi connectivity index (χ1v) is 9.46. The minimum atomic E-state index is 0.349. The molecule has 3 aromatic rings. The predicted molar refractivity (Wildman–Crippen MR) is 113 cm³/mol. The number of hydrogen-bond donors (Lipinski definition) is 2. The molecule has 0 amide bonds. The summed E-state index contributed by atoms with van der Waals surface area (Å²) >= 11 is 5.34. The lowest BCUT2D eigenvalue weighted by atomic mass is 10.1. The van der Waals surface area contributed by atoms with Gasteiger partial charge in [0.15, 0.2) is 11.8 Å². The van der Waals surface area contributed by atoms with Crippen LogP contribution in [0.5, 0.6) is 5.75 Å². The maximum absolute atomic E-state index is 5.75. The van der Waals surface area contributed by atoms with Crippen molar-refractivity contribution in [2.45, 2.75) is 26.5 Å². The van der Waals surface area contributed by atoms with E-state index in [1.54, 1.807) is 10.9 Å². The van der Waals surface area contributed by atoms with Crippen molar-refractivity contribution >= 4 is 23.0 Å². The van der Waals surface area contributed by atoms with E-state index in [2.05, 4.69) is 46.9 Å². The number of aromatic nitrogens is 2. The normalized spacial score (nSPS) is 10.4. The molecule has 2 N–H and O–H groups in total. The molecule has 6 heteroatoms. The van der Waals surface area contributed by atoms with Crippen LogP contribution in [0.2, 0.25) is 0 Å². The fourth-order valence-corrected chi connectivity index (χ4v) is 2.82. The Hall–Kier alpha value is -2.86. The second kappa shape index (κ2) is 9.73. The summed E-state index contributed by atoms with van der Waals surface area (Å²) in [5.41, 5.74) is 3.41. The molecule has 3 rings (SSSR count). The fourth-order valence-electron chi connectivity index (χ4n) is 2.60. The van der Waals surface area contributed by atoms with Crippen LogP contribution in [0, 0.1) is 0 Å². The molecule has 27 heavy (non-hydrogen) atoms. The van der Waals surface area contributed by atoms with Crippen LogP contribution in [-0.4, -0.2) is 21.4 Å². The summed E-state index contributed by atoms with van der Waals surface area (Å²) in [4.78, 5) is 0. The number of nitrogens with one attached hydrogen (secondary N) is 2. The third-order valence-corrected chi connectivity index (χ3v) is 4.37. The number of thiocarbonyl (C=S) groups is 1. The minimum absolute atomic E-state index is 0.349. The molecule has 0 radical (unpaired) electrons. The zero-order valence-electron chi connectivity index (χ0n) is 15.4. The molecule has 0 saturated heterocycles. The average Bonchev–Trinajstić information content (AvgIpc) is 3.15. The average molecular weight is 381 g/mol. The number of nitrogens with zero attached hydrogens (tertiary/aromatic N) is 2. The van der Waals surface area contributed by atoms with Gasteiger partial charge in [0.1, 0.15) is 5.75 Å². The smallest absolute Gasteiger partial charge is 0.180 e. The van der Waals surface area contributed by atoms with E-state index in [9.17, 15) is 0 Å². The van der Waals surface area contributed by atoms with Crippen molar-refractivity contribution in [2.24, 2.45) is 0 Å². The molecule has 0 fully saturated rings. The van der Waals surface area contributed by atoms with Crippen LogP contribution in [0.1, 0.15) is 18.1 Å². The Balaban J connectivity index is 1.41. The highest BCUT2D eigenvalue weighted by Crippen LogP contribution is 2.13. The molecule has 0 saturated carbocycles. The number of rotatable bonds is 8. The molecule has 0 aliphatic rings. The highest BCUT2D eigenvalue weighted by atomic mass is 32.1. The summed E-state index contributed by atoms with van der Waals surface area (Å²) < 4.78 is 7.47. The first-order valence-electron chi connectivity index (χ1n) is 9.06. The van der Waals surface area contributed by atoms with Gasteiger partial charge in [-0.05, 0) is 48.3 Å². The van der Waals surface area contributed by atoms with E-state index in [0.29, 0.717) is 11.8 Å². The Morgan fingerprint density at radius 3 is 2.59 bits per heavy atom. The molecule has 1 heterocycles. The number of aryl methyl sites for hydroxylation is 1. The molecule has 1 aromatic heterocycles. The summed E-state index contributed by atoms with van der Waals surface area (Å²) in [5, 5.41) is 11.2. The van der Waals surface area contributed by atoms with E-state index in [1.807, 2.05) is 36.5 Å². The van der Waals surface area contributed by atoms with E-state index >= 15 is 0 Å². The SMILES string of the molecule is CCc1ccc(OCn2cc(NC(=S)NCCc3ccccc3)cn2)cc1. The van der Waals surface area contributed by atoms with Gasteiger partial charge in [-0.25, -0.2) is 4.68 Å². The lowest BCUT2D eigenvalue weighted by Crippen LogP contribution is -2.30. The Labute approximate surface area is 165 Å². The molecule has 0 bridgehead atoms. The molecule has 0 atom stereocenters. The lowest BCUT2D eigenvalue weighted by Gasteiger charge is -2.09. The standard InChI is InChI=1S/C21H24N4OS/c1-2-17-8-10-20(11-9-17)26-16-25-15-19(14-23-25)24-21(27)22-13-12-18-6-4-3-5-7-18/h3-11,14-15H,2,12-13,16H2,1H3,(H2,22,24,27). The first kappa shape index (κ1) is 18.9. The first-order chi connectivity index (χ1) is 13.2. The van der Waals surface area contributed by atoms with Gasteiger partial charge >= 0.3 is 0 Å². The monoisotopic (exact) mass is 380 g/mol. The van der Waals surface area contributed by atoms with Crippen molar-refractivity contribution in [2.75, 3.05) is 11.9 Å². The van der Waals surface area contributed by atoms with Gasteiger partial charge in [-0.1, -0.05) is 49.4 Å². The lowest BCUT2D eigenvalue weighted by molar-refractivity contribution is 0.221. The predicted octanol–water partition coefficient (Wildman–Crippen LogP) is 4.01. The van der Waals surface area contributed by atoms with Crippen LogP contribution in [0.25, 0.3) is 0 Å². The number of benzene rings is 2. The molecule has 0 aliphatic carbocycles. The van der Waals surface area contributed by atoms with Crippen LogP contribution in [0.3, 0.4) is 0 Å². The molecular weight excluding hydrogens is 356 g/mol. The minimum Gasteiger partial charge on any atom is -0.471 e. The van der Waals surface area contributed by atoms with Crippen LogP contribution in [0.15, 0.2) is 67.0 Å². The van der Waals surface area contributed by atoms with Crippen molar-refractivity contribution in [1.82, 2.24) is 15.1 Å². The van der Waals surface area contributed by atoms with Crippen molar-refractivity contribution in [3.05, 3.63) is 78.1 Å². The van der Waals surface area contributed by atoms with Crippen LogP contribution in [0.4, 0.5) is 5.69 Å². The van der Waals surface area contributed by atoms with Crippen LogP contribution < -0.4 is 15.4 Å². The van der Waals surface area contributed by atoms with Gasteiger partial charge in [0, 0.05) is 6.54 Å². The van der Waals surface area contributed by atoms with Crippen LogP contribution >= 0.6 is 12.2 Å². The Bertz CT molecular complexity index is 846. The quantitative estimate of drug-likeness (QED) is 0.578. The van der Waals surface area contributed by atoms with E-state index in [1.165, 1.54) is 11.1 Å². The number of anilines is 1. The second-order valence-corrected chi connectivity index (χ2v) is 6.56.